The third kappa shape index (κ3) is 4.06. The van der Waals surface area contributed by atoms with Gasteiger partial charge in [-0.15, -0.1) is 0 Å². The Morgan fingerprint density at radius 1 is 1.29 bits per heavy atom. The van der Waals surface area contributed by atoms with Crippen molar-refractivity contribution in [2.24, 2.45) is 0 Å². The zero-order valence-corrected chi connectivity index (χ0v) is 14.4. The van der Waals surface area contributed by atoms with Crippen LogP contribution in [-0.4, -0.2) is 6.54 Å². The summed E-state index contributed by atoms with van der Waals surface area (Å²) in [5.41, 5.74) is 3.34. The molecule has 0 radical (unpaired) electrons. The van der Waals surface area contributed by atoms with Crippen LogP contribution in [0, 0.1) is 12.7 Å². The molecule has 0 bridgehead atoms. The van der Waals surface area contributed by atoms with E-state index in [4.69, 9.17) is 11.6 Å². The molecule has 1 N–H and O–H groups in total. The molecule has 0 saturated heterocycles. The summed E-state index contributed by atoms with van der Waals surface area (Å²) in [7, 11) is 0. The molecule has 4 heteroatoms. The van der Waals surface area contributed by atoms with Crippen molar-refractivity contribution in [1.82, 2.24) is 5.32 Å². The largest absolute Gasteiger partial charge is 0.310 e. The van der Waals surface area contributed by atoms with Gasteiger partial charge in [-0.25, -0.2) is 4.39 Å². The fourth-order valence-electron chi connectivity index (χ4n) is 2.45. The average Bonchev–Trinajstić information content (AvgIpc) is 2.44. The first kappa shape index (κ1) is 16.5. The Labute approximate surface area is 138 Å². The van der Waals surface area contributed by atoms with E-state index in [2.05, 4.69) is 34.2 Å². The number of hydrogen-bond acceptors (Lipinski definition) is 1. The normalized spacial score (nSPS) is 12.4. The third-order valence-electron chi connectivity index (χ3n) is 3.57. The van der Waals surface area contributed by atoms with Crippen molar-refractivity contribution >= 4 is 27.5 Å². The van der Waals surface area contributed by atoms with Crippen molar-refractivity contribution in [2.75, 3.05) is 6.54 Å². The van der Waals surface area contributed by atoms with E-state index in [1.807, 2.05) is 25.1 Å². The quantitative estimate of drug-likeness (QED) is 0.738. The molecule has 0 spiro atoms. The van der Waals surface area contributed by atoms with Crippen LogP contribution < -0.4 is 5.32 Å². The second-order valence-corrected chi connectivity index (χ2v) is 6.27. The average molecular weight is 371 g/mol. The highest BCUT2D eigenvalue weighted by Crippen LogP contribution is 2.29. The molecule has 0 aliphatic heterocycles. The van der Waals surface area contributed by atoms with Gasteiger partial charge in [0.05, 0.1) is 0 Å². The van der Waals surface area contributed by atoms with E-state index in [1.165, 1.54) is 17.7 Å². The molecule has 112 valence electrons. The highest BCUT2D eigenvalue weighted by Gasteiger charge is 2.16. The summed E-state index contributed by atoms with van der Waals surface area (Å²) in [5.74, 6) is -0.232. The van der Waals surface area contributed by atoms with Crippen molar-refractivity contribution in [1.29, 1.82) is 0 Å². The van der Waals surface area contributed by atoms with Gasteiger partial charge in [-0.2, -0.15) is 0 Å². The molecule has 0 aliphatic rings. The van der Waals surface area contributed by atoms with Gasteiger partial charge >= 0.3 is 0 Å². The lowest BCUT2D eigenvalue weighted by molar-refractivity contribution is 0.545. The highest BCUT2D eigenvalue weighted by molar-refractivity contribution is 9.10. The maximum atomic E-state index is 13.2. The molecular formula is C17H18BrClFN. The van der Waals surface area contributed by atoms with Crippen LogP contribution in [0.25, 0.3) is 0 Å². The smallest absolute Gasteiger partial charge is 0.124 e. The highest BCUT2D eigenvalue weighted by atomic mass is 79.9. The molecule has 0 amide bonds. The lowest BCUT2D eigenvalue weighted by atomic mass is 9.95. The van der Waals surface area contributed by atoms with Crippen molar-refractivity contribution < 1.29 is 4.39 Å². The summed E-state index contributed by atoms with van der Waals surface area (Å²) in [5, 5.41) is 4.26. The molecule has 0 aliphatic carbocycles. The number of hydrogen-bond donors (Lipinski definition) is 1. The summed E-state index contributed by atoms with van der Waals surface area (Å²) in [4.78, 5) is 0. The van der Waals surface area contributed by atoms with Crippen LogP contribution in [0.15, 0.2) is 40.9 Å². The maximum absolute atomic E-state index is 13.2. The van der Waals surface area contributed by atoms with Gasteiger partial charge in [0, 0.05) is 15.5 Å². The number of nitrogens with one attached hydrogen (secondary N) is 1. The topological polar surface area (TPSA) is 12.0 Å². The Kier molecular flexibility index (Phi) is 5.80. The maximum Gasteiger partial charge on any atom is 0.124 e. The van der Waals surface area contributed by atoms with E-state index in [-0.39, 0.29) is 11.9 Å². The van der Waals surface area contributed by atoms with Gasteiger partial charge in [0.25, 0.3) is 0 Å². The first-order valence-corrected chi connectivity index (χ1v) is 8.12. The molecule has 1 unspecified atom stereocenters. The van der Waals surface area contributed by atoms with Gasteiger partial charge in [-0.05, 0) is 54.8 Å². The molecular weight excluding hydrogens is 353 g/mol. The van der Waals surface area contributed by atoms with Crippen LogP contribution in [0.1, 0.15) is 29.7 Å². The first-order chi connectivity index (χ1) is 10.0. The molecule has 2 aromatic carbocycles. The van der Waals surface area contributed by atoms with Gasteiger partial charge < -0.3 is 5.32 Å². The third-order valence-corrected chi connectivity index (χ3v) is 4.72. The van der Waals surface area contributed by atoms with Crippen LogP contribution in [0.2, 0.25) is 5.02 Å². The van der Waals surface area contributed by atoms with Crippen LogP contribution in [0.5, 0.6) is 0 Å². The minimum absolute atomic E-state index is 0.149. The van der Waals surface area contributed by atoms with Crippen molar-refractivity contribution in [2.45, 2.75) is 26.3 Å². The molecule has 1 nitrogen and oxygen atoms in total. The number of halogens is 3. The van der Waals surface area contributed by atoms with E-state index in [1.54, 1.807) is 0 Å². The van der Waals surface area contributed by atoms with Gasteiger partial charge in [-0.1, -0.05) is 52.7 Å². The zero-order valence-electron chi connectivity index (χ0n) is 12.1. The second kappa shape index (κ2) is 7.39. The van der Waals surface area contributed by atoms with Crippen LogP contribution in [0.4, 0.5) is 4.39 Å². The Morgan fingerprint density at radius 3 is 2.71 bits per heavy atom. The fourth-order valence-corrected chi connectivity index (χ4v) is 3.14. The van der Waals surface area contributed by atoms with Crippen LogP contribution >= 0.6 is 27.5 Å². The minimum atomic E-state index is -0.232. The molecule has 1 atom stereocenters. The molecule has 2 aromatic rings. The number of likely N-dealkylation sites (N-methyl/N-ethyl adjacent to an activating group) is 1. The zero-order chi connectivity index (χ0) is 15.4. The SMILES string of the molecule is CCNC(Cc1ccc(F)cc1Br)c1cccc(Cl)c1C. The fraction of sp³-hybridized carbons (Fsp3) is 0.294. The summed E-state index contributed by atoms with van der Waals surface area (Å²) in [6.45, 7) is 4.96. The summed E-state index contributed by atoms with van der Waals surface area (Å²) < 4.78 is 14.0. The molecule has 0 saturated carbocycles. The number of benzene rings is 2. The predicted molar refractivity (Wildman–Crippen MR) is 90.4 cm³/mol. The van der Waals surface area contributed by atoms with E-state index < -0.39 is 0 Å². The van der Waals surface area contributed by atoms with E-state index >= 15 is 0 Å². The summed E-state index contributed by atoms with van der Waals surface area (Å²) in [6, 6.07) is 10.9. The number of rotatable bonds is 5. The van der Waals surface area contributed by atoms with Gasteiger partial charge in [0.15, 0.2) is 0 Å². The van der Waals surface area contributed by atoms with Crippen LogP contribution in [-0.2, 0) is 6.42 Å². The first-order valence-electron chi connectivity index (χ1n) is 6.95. The van der Waals surface area contributed by atoms with E-state index in [9.17, 15) is 4.39 Å². The van der Waals surface area contributed by atoms with Crippen molar-refractivity contribution in [3.63, 3.8) is 0 Å². The molecule has 0 fully saturated rings. The lowest BCUT2D eigenvalue weighted by Gasteiger charge is -2.21. The molecule has 0 aromatic heterocycles. The van der Waals surface area contributed by atoms with Gasteiger partial charge in [-0.3, -0.25) is 0 Å². The Bertz CT molecular complexity index is 630. The van der Waals surface area contributed by atoms with E-state index in [0.29, 0.717) is 0 Å². The van der Waals surface area contributed by atoms with Crippen molar-refractivity contribution in [3.8, 4) is 0 Å². The predicted octanol–water partition coefficient (Wildman–Crippen LogP) is 5.44. The van der Waals surface area contributed by atoms with E-state index in [0.717, 1.165) is 33.6 Å². The van der Waals surface area contributed by atoms with Gasteiger partial charge in [0.2, 0.25) is 0 Å². The molecule has 21 heavy (non-hydrogen) atoms. The van der Waals surface area contributed by atoms with Crippen molar-refractivity contribution in [3.05, 3.63) is 68.4 Å². The van der Waals surface area contributed by atoms with Gasteiger partial charge in [0.1, 0.15) is 5.82 Å². The Morgan fingerprint density at radius 2 is 2.05 bits per heavy atom. The molecule has 2 rings (SSSR count). The second-order valence-electron chi connectivity index (χ2n) is 5.00. The minimum Gasteiger partial charge on any atom is -0.310 e. The summed E-state index contributed by atoms with van der Waals surface area (Å²) in [6.07, 6.45) is 0.774. The Balaban J connectivity index is 2.33. The van der Waals surface area contributed by atoms with Crippen LogP contribution in [0.3, 0.4) is 0 Å². The summed E-state index contributed by atoms with van der Waals surface area (Å²) >= 11 is 9.66. The molecule has 0 heterocycles. The Hall–Kier alpha value is -0.900. The monoisotopic (exact) mass is 369 g/mol. The standard InChI is InChI=1S/C17H18BrClFN/c1-3-21-17(14-5-4-6-16(19)11(14)2)9-12-7-8-13(20)10-15(12)18/h4-8,10,17,21H,3,9H2,1-2H3. The lowest BCUT2D eigenvalue weighted by Crippen LogP contribution is -2.24.